The van der Waals surface area contributed by atoms with E-state index in [0.29, 0.717) is 5.75 Å². The molecule has 0 atom stereocenters. The Labute approximate surface area is 106 Å². The van der Waals surface area contributed by atoms with Gasteiger partial charge in [-0.05, 0) is 12.1 Å². The number of thioether (sulfide) groups is 1. The third-order valence-electron chi connectivity index (χ3n) is 1.98. The summed E-state index contributed by atoms with van der Waals surface area (Å²) in [6, 6.07) is 9.09. The van der Waals surface area contributed by atoms with E-state index in [1.165, 1.54) is 11.8 Å². The number of halogens is 4. The maximum atomic E-state index is 12.5. The highest BCUT2D eigenvalue weighted by Crippen LogP contribution is 2.22. The van der Waals surface area contributed by atoms with Gasteiger partial charge in [-0.25, -0.2) is 8.78 Å². The molecule has 0 heterocycles. The molecule has 0 spiro atoms. The lowest BCUT2D eigenvalue weighted by atomic mass is 10.3. The van der Waals surface area contributed by atoms with Crippen molar-refractivity contribution < 1.29 is 22.4 Å². The van der Waals surface area contributed by atoms with Gasteiger partial charge in [0.15, 0.2) is 0 Å². The zero-order chi connectivity index (χ0) is 13.6. The van der Waals surface area contributed by atoms with E-state index in [-0.39, 0.29) is 6.54 Å². The summed E-state index contributed by atoms with van der Waals surface area (Å²) in [6.07, 6.45) is -3.99. The average Bonchev–Trinajstić information content (AvgIpc) is 2.35. The van der Waals surface area contributed by atoms with E-state index in [1.54, 1.807) is 5.32 Å². The van der Waals surface area contributed by atoms with Crippen molar-refractivity contribution in [2.45, 2.75) is 17.2 Å². The van der Waals surface area contributed by atoms with Crippen molar-refractivity contribution in [3.8, 4) is 0 Å². The lowest BCUT2D eigenvalue weighted by Gasteiger charge is -2.14. The van der Waals surface area contributed by atoms with Crippen LogP contribution in [-0.4, -0.2) is 30.6 Å². The minimum atomic E-state index is -4.63. The average molecular weight is 281 g/mol. The Morgan fingerprint density at radius 1 is 1.28 bits per heavy atom. The second-order valence-corrected chi connectivity index (χ2v) is 4.51. The highest BCUT2D eigenvalue weighted by Gasteiger charge is 2.48. The SMILES string of the molecule is O=C(NCCSc1ccccc1)C(F)(F)C(F)F. The largest absolute Gasteiger partial charge is 0.383 e. The normalized spacial score (nSPS) is 11.6. The second-order valence-electron chi connectivity index (χ2n) is 3.34. The molecule has 18 heavy (non-hydrogen) atoms. The maximum absolute atomic E-state index is 12.5. The van der Waals surface area contributed by atoms with Crippen molar-refractivity contribution in [2.75, 3.05) is 12.3 Å². The van der Waals surface area contributed by atoms with E-state index in [9.17, 15) is 22.4 Å². The molecule has 0 fully saturated rings. The first-order chi connectivity index (χ1) is 8.44. The molecule has 0 aliphatic heterocycles. The van der Waals surface area contributed by atoms with Crippen LogP contribution < -0.4 is 5.32 Å². The monoisotopic (exact) mass is 281 g/mol. The van der Waals surface area contributed by atoms with Gasteiger partial charge in [-0.3, -0.25) is 4.79 Å². The van der Waals surface area contributed by atoms with Crippen molar-refractivity contribution in [2.24, 2.45) is 0 Å². The van der Waals surface area contributed by atoms with Crippen LogP contribution in [0.15, 0.2) is 35.2 Å². The number of benzene rings is 1. The number of carbonyl (C=O) groups excluding carboxylic acids is 1. The van der Waals surface area contributed by atoms with E-state index in [0.717, 1.165) is 4.90 Å². The third-order valence-corrected chi connectivity index (χ3v) is 2.99. The molecule has 2 nitrogen and oxygen atoms in total. The van der Waals surface area contributed by atoms with E-state index < -0.39 is 18.3 Å². The molecular weight excluding hydrogens is 270 g/mol. The zero-order valence-corrected chi connectivity index (χ0v) is 10.0. The maximum Gasteiger partial charge on any atom is 0.383 e. The number of hydrogen-bond acceptors (Lipinski definition) is 2. The molecule has 1 N–H and O–H groups in total. The summed E-state index contributed by atoms with van der Waals surface area (Å²) in [4.78, 5) is 11.7. The number of carbonyl (C=O) groups is 1. The molecule has 1 aromatic carbocycles. The fraction of sp³-hybridized carbons (Fsp3) is 0.364. The Balaban J connectivity index is 2.28. The Morgan fingerprint density at radius 2 is 1.89 bits per heavy atom. The van der Waals surface area contributed by atoms with Gasteiger partial charge >= 0.3 is 12.3 Å². The van der Waals surface area contributed by atoms with Crippen LogP contribution in [-0.2, 0) is 4.79 Å². The van der Waals surface area contributed by atoms with Gasteiger partial charge in [0.25, 0.3) is 5.91 Å². The minimum absolute atomic E-state index is 0.0965. The summed E-state index contributed by atoms with van der Waals surface area (Å²) in [5, 5.41) is 1.78. The van der Waals surface area contributed by atoms with Crippen molar-refractivity contribution in [3.05, 3.63) is 30.3 Å². The number of rotatable bonds is 6. The summed E-state index contributed by atoms with van der Waals surface area (Å²) in [5.41, 5.74) is 0. The lowest BCUT2D eigenvalue weighted by Crippen LogP contribution is -2.45. The quantitative estimate of drug-likeness (QED) is 0.493. The predicted molar refractivity (Wildman–Crippen MR) is 61.1 cm³/mol. The molecule has 0 saturated carbocycles. The van der Waals surface area contributed by atoms with Crippen LogP contribution in [0.4, 0.5) is 17.6 Å². The lowest BCUT2D eigenvalue weighted by molar-refractivity contribution is -0.169. The Kier molecular flexibility index (Phi) is 5.46. The van der Waals surface area contributed by atoms with Crippen LogP contribution in [0.5, 0.6) is 0 Å². The Hall–Kier alpha value is -1.24. The molecule has 0 saturated heterocycles. The Morgan fingerprint density at radius 3 is 2.44 bits per heavy atom. The first-order valence-corrected chi connectivity index (χ1v) is 6.05. The van der Waals surface area contributed by atoms with Crippen LogP contribution in [0.2, 0.25) is 0 Å². The third kappa shape index (κ3) is 4.21. The predicted octanol–water partition coefficient (Wildman–Crippen LogP) is 2.80. The van der Waals surface area contributed by atoms with Gasteiger partial charge in [-0.2, -0.15) is 8.78 Å². The first-order valence-electron chi connectivity index (χ1n) is 5.06. The molecule has 1 amide bonds. The van der Waals surface area contributed by atoms with Crippen molar-refractivity contribution in [1.29, 1.82) is 0 Å². The second kappa shape index (κ2) is 6.63. The molecule has 0 bridgehead atoms. The summed E-state index contributed by atoms with van der Waals surface area (Å²) in [6.45, 7) is -0.0965. The molecular formula is C11H11F4NOS. The molecule has 0 aliphatic rings. The van der Waals surface area contributed by atoms with Crippen LogP contribution in [0.25, 0.3) is 0 Å². The van der Waals surface area contributed by atoms with E-state index in [2.05, 4.69) is 0 Å². The van der Waals surface area contributed by atoms with Crippen LogP contribution in [0.1, 0.15) is 0 Å². The van der Waals surface area contributed by atoms with Gasteiger partial charge in [0, 0.05) is 17.2 Å². The molecule has 0 aliphatic carbocycles. The summed E-state index contributed by atoms with van der Waals surface area (Å²) >= 11 is 1.33. The fourth-order valence-corrected chi connectivity index (χ4v) is 1.86. The topological polar surface area (TPSA) is 29.1 Å². The van der Waals surface area contributed by atoms with Gasteiger partial charge in [0.05, 0.1) is 0 Å². The molecule has 100 valence electrons. The van der Waals surface area contributed by atoms with Crippen LogP contribution >= 0.6 is 11.8 Å². The highest BCUT2D eigenvalue weighted by atomic mass is 32.2. The molecule has 7 heteroatoms. The zero-order valence-electron chi connectivity index (χ0n) is 9.21. The highest BCUT2D eigenvalue weighted by molar-refractivity contribution is 7.99. The van der Waals surface area contributed by atoms with Crippen LogP contribution in [0.3, 0.4) is 0 Å². The van der Waals surface area contributed by atoms with Crippen molar-refractivity contribution in [1.82, 2.24) is 5.32 Å². The summed E-state index contributed by atoms with van der Waals surface area (Å²) in [7, 11) is 0. The summed E-state index contributed by atoms with van der Waals surface area (Å²) in [5.74, 6) is -6.24. The van der Waals surface area contributed by atoms with Gasteiger partial charge in [0.2, 0.25) is 0 Å². The van der Waals surface area contributed by atoms with Gasteiger partial charge < -0.3 is 5.32 Å². The smallest absolute Gasteiger partial charge is 0.350 e. The fourth-order valence-electron chi connectivity index (χ4n) is 1.07. The van der Waals surface area contributed by atoms with Crippen LogP contribution in [0, 0.1) is 0 Å². The van der Waals surface area contributed by atoms with Gasteiger partial charge in [-0.15, -0.1) is 11.8 Å². The number of amides is 1. The molecule has 1 aromatic rings. The Bertz CT molecular complexity index is 386. The molecule has 1 rings (SSSR count). The van der Waals surface area contributed by atoms with E-state index in [4.69, 9.17) is 0 Å². The van der Waals surface area contributed by atoms with Gasteiger partial charge in [-0.1, -0.05) is 18.2 Å². The first kappa shape index (κ1) is 14.8. The molecule has 0 radical (unpaired) electrons. The van der Waals surface area contributed by atoms with Gasteiger partial charge in [0.1, 0.15) is 0 Å². The van der Waals surface area contributed by atoms with Crippen molar-refractivity contribution in [3.63, 3.8) is 0 Å². The number of alkyl halides is 4. The molecule has 0 unspecified atom stereocenters. The van der Waals surface area contributed by atoms with E-state index >= 15 is 0 Å². The van der Waals surface area contributed by atoms with Crippen molar-refractivity contribution >= 4 is 17.7 Å². The summed E-state index contributed by atoms with van der Waals surface area (Å²) < 4.78 is 48.7. The standard InChI is InChI=1S/C11H11F4NOS/c12-9(13)11(14,15)10(17)16-6-7-18-8-4-2-1-3-5-8/h1-5,9H,6-7H2,(H,16,17). The minimum Gasteiger partial charge on any atom is -0.350 e. The number of nitrogens with one attached hydrogen (secondary N) is 1. The van der Waals surface area contributed by atoms with E-state index in [1.807, 2.05) is 30.3 Å². The number of hydrogen-bond donors (Lipinski definition) is 1. The molecule has 0 aromatic heterocycles.